The lowest BCUT2D eigenvalue weighted by atomic mass is 10.1. The SMILES string of the molecule is C[C@H](NC(=O)C1CCCC1)C(=O)Nc1ccc(Cl)cn1. The number of aromatic nitrogens is 1. The second kappa shape index (κ2) is 6.70. The molecule has 2 N–H and O–H groups in total. The number of carbonyl (C=O) groups is 2. The maximum Gasteiger partial charge on any atom is 0.247 e. The van der Waals surface area contributed by atoms with Gasteiger partial charge in [0.05, 0.1) is 5.02 Å². The summed E-state index contributed by atoms with van der Waals surface area (Å²) in [7, 11) is 0. The van der Waals surface area contributed by atoms with Gasteiger partial charge >= 0.3 is 0 Å². The first-order chi connectivity index (χ1) is 9.56. The third-order valence-electron chi connectivity index (χ3n) is 3.46. The highest BCUT2D eigenvalue weighted by molar-refractivity contribution is 6.30. The molecule has 20 heavy (non-hydrogen) atoms. The summed E-state index contributed by atoms with van der Waals surface area (Å²) in [5.74, 6) is 0.153. The molecule has 1 aromatic heterocycles. The van der Waals surface area contributed by atoms with Crippen LogP contribution in [0.4, 0.5) is 5.82 Å². The molecule has 0 spiro atoms. The number of anilines is 1. The molecule has 1 heterocycles. The fourth-order valence-corrected chi connectivity index (χ4v) is 2.38. The second-order valence-electron chi connectivity index (χ2n) is 5.06. The van der Waals surface area contributed by atoms with Gasteiger partial charge in [0.15, 0.2) is 0 Å². The summed E-state index contributed by atoms with van der Waals surface area (Å²) in [6.07, 6.45) is 5.47. The lowest BCUT2D eigenvalue weighted by molar-refractivity contribution is -0.128. The molecule has 0 bridgehead atoms. The Morgan fingerprint density at radius 3 is 2.65 bits per heavy atom. The molecule has 0 radical (unpaired) electrons. The summed E-state index contributed by atoms with van der Waals surface area (Å²) in [5, 5.41) is 5.90. The van der Waals surface area contributed by atoms with Crippen molar-refractivity contribution in [3.8, 4) is 0 Å². The summed E-state index contributed by atoms with van der Waals surface area (Å²) in [6, 6.07) is 2.68. The number of carbonyl (C=O) groups excluding carboxylic acids is 2. The highest BCUT2D eigenvalue weighted by Crippen LogP contribution is 2.24. The topological polar surface area (TPSA) is 71.1 Å². The zero-order chi connectivity index (χ0) is 14.5. The molecule has 2 rings (SSSR count). The molecule has 2 amide bonds. The van der Waals surface area contributed by atoms with E-state index >= 15 is 0 Å². The minimum absolute atomic E-state index is 0.0331. The van der Waals surface area contributed by atoms with Crippen LogP contribution >= 0.6 is 11.6 Å². The van der Waals surface area contributed by atoms with Crippen molar-refractivity contribution in [1.29, 1.82) is 0 Å². The van der Waals surface area contributed by atoms with E-state index in [-0.39, 0.29) is 17.7 Å². The molecule has 5 nitrogen and oxygen atoms in total. The van der Waals surface area contributed by atoms with Gasteiger partial charge in [0.2, 0.25) is 11.8 Å². The average Bonchev–Trinajstić information content (AvgIpc) is 2.95. The molecule has 0 aromatic carbocycles. The zero-order valence-electron chi connectivity index (χ0n) is 11.4. The predicted molar refractivity (Wildman–Crippen MR) is 77.4 cm³/mol. The maximum atomic E-state index is 11.9. The third-order valence-corrected chi connectivity index (χ3v) is 3.68. The Hall–Kier alpha value is -1.62. The van der Waals surface area contributed by atoms with Gasteiger partial charge in [0.1, 0.15) is 11.9 Å². The normalized spacial score (nSPS) is 16.7. The van der Waals surface area contributed by atoms with Gasteiger partial charge in [-0.1, -0.05) is 24.4 Å². The van der Waals surface area contributed by atoms with Gasteiger partial charge in [-0.2, -0.15) is 0 Å². The van der Waals surface area contributed by atoms with Crippen molar-refractivity contribution in [3.05, 3.63) is 23.4 Å². The van der Waals surface area contributed by atoms with Gasteiger partial charge in [-0.3, -0.25) is 9.59 Å². The quantitative estimate of drug-likeness (QED) is 0.896. The minimum Gasteiger partial charge on any atom is -0.344 e. The number of pyridine rings is 1. The number of halogens is 1. The summed E-state index contributed by atoms with van der Waals surface area (Å²) in [6.45, 7) is 1.66. The van der Waals surface area contributed by atoms with Crippen LogP contribution in [0.2, 0.25) is 5.02 Å². The number of nitrogens with one attached hydrogen (secondary N) is 2. The molecule has 1 saturated carbocycles. The van der Waals surface area contributed by atoms with E-state index in [9.17, 15) is 9.59 Å². The van der Waals surface area contributed by atoms with Crippen LogP contribution in [0, 0.1) is 5.92 Å². The highest BCUT2D eigenvalue weighted by Gasteiger charge is 2.25. The van der Waals surface area contributed by atoms with Gasteiger partial charge in [0.25, 0.3) is 0 Å². The molecule has 0 unspecified atom stereocenters. The van der Waals surface area contributed by atoms with Crippen LogP contribution in [0.5, 0.6) is 0 Å². The fraction of sp³-hybridized carbons (Fsp3) is 0.500. The average molecular weight is 296 g/mol. The van der Waals surface area contributed by atoms with Crippen LogP contribution in [0.3, 0.4) is 0 Å². The van der Waals surface area contributed by atoms with E-state index in [1.165, 1.54) is 6.20 Å². The Morgan fingerprint density at radius 2 is 2.05 bits per heavy atom. The van der Waals surface area contributed by atoms with E-state index in [0.717, 1.165) is 25.7 Å². The molecule has 1 fully saturated rings. The number of hydrogen-bond acceptors (Lipinski definition) is 3. The number of nitrogens with zero attached hydrogens (tertiary/aromatic N) is 1. The Balaban J connectivity index is 1.85. The highest BCUT2D eigenvalue weighted by atomic mass is 35.5. The van der Waals surface area contributed by atoms with Gasteiger partial charge < -0.3 is 10.6 Å². The summed E-state index contributed by atoms with van der Waals surface area (Å²) in [4.78, 5) is 27.9. The molecule has 1 aliphatic rings. The van der Waals surface area contributed by atoms with Crippen molar-refractivity contribution in [1.82, 2.24) is 10.3 Å². The standard InChI is InChI=1S/C14H18ClN3O2/c1-9(17-14(20)10-4-2-3-5-10)13(19)18-12-7-6-11(15)8-16-12/h6-10H,2-5H2,1H3,(H,17,20)(H,16,18,19)/t9-/m0/s1. The Labute approximate surface area is 123 Å². The van der Waals surface area contributed by atoms with Crippen LogP contribution < -0.4 is 10.6 Å². The van der Waals surface area contributed by atoms with E-state index in [1.807, 2.05) is 0 Å². The predicted octanol–water partition coefficient (Wildman–Crippen LogP) is 2.37. The van der Waals surface area contributed by atoms with Crippen LogP contribution in [0.25, 0.3) is 0 Å². The van der Waals surface area contributed by atoms with E-state index in [4.69, 9.17) is 11.6 Å². The van der Waals surface area contributed by atoms with Crippen LogP contribution in [0.15, 0.2) is 18.3 Å². The van der Waals surface area contributed by atoms with Gasteiger partial charge in [-0.25, -0.2) is 4.98 Å². The van der Waals surface area contributed by atoms with Gasteiger partial charge in [-0.15, -0.1) is 0 Å². The number of hydrogen-bond donors (Lipinski definition) is 2. The minimum atomic E-state index is -0.583. The van der Waals surface area contributed by atoms with Gasteiger partial charge in [-0.05, 0) is 31.9 Å². The van der Waals surface area contributed by atoms with Crippen molar-refractivity contribution in [2.75, 3.05) is 5.32 Å². The number of amides is 2. The monoisotopic (exact) mass is 295 g/mol. The first kappa shape index (κ1) is 14.8. The Bertz CT molecular complexity index is 484. The smallest absolute Gasteiger partial charge is 0.247 e. The van der Waals surface area contributed by atoms with Crippen LogP contribution in [0.1, 0.15) is 32.6 Å². The number of rotatable bonds is 4. The third kappa shape index (κ3) is 3.93. The van der Waals surface area contributed by atoms with E-state index in [1.54, 1.807) is 19.1 Å². The summed E-state index contributed by atoms with van der Waals surface area (Å²) < 4.78 is 0. The lowest BCUT2D eigenvalue weighted by Crippen LogP contribution is -2.43. The first-order valence-corrected chi connectivity index (χ1v) is 7.17. The molecule has 0 aliphatic heterocycles. The second-order valence-corrected chi connectivity index (χ2v) is 5.50. The molecular weight excluding hydrogens is 278 g/mol. The van der Waals surface area contributed by atoms with Crippen LogP contribution in [-0.2, 0) is 9.59 Å². The van der Waals surface area contributed by atoms with E-state index in [2.05, 4.69) is 15.6 Å². The van der Waals surface area contributed by atoms with Crippen molar-refractivity contribution in [2.24, 2.45) is 5.92 Å². The summed E-state index contributed by atoms with van der Waals surface area (Å²) >= 11 is 5.72. The van der Waals surface area contributed by atoms with Crippen molar-refractivity contribution in [3.63, 3.8) is 0 Å². The van der Waals surface area contributed by atoms with Crippen LogP contribution in [-0.4, -0.2) is 22.8 Å². The van der Waals surface area contributed by atoms with Gasteiger partial charge in [0, 0.05) is 12.1 Å². The first-order valence-electron chi connectivity index (χ1n) is 6.79. The summed E-state index contributed by atoms with van der Waals surface area (Å²) in [5.41, 5.74) is 0. The zero-order valence-corrected chi connectivity index (χ0v) is 12.1. The van der Waals surface area contributed by atoms with E-state index in [0.29, 0.717) is 10.8 Å². The largest absolute Gasteiger partial charge is 0.344 e. The lowest BCUT2D eigenvalue weighted by Gasteiger charge is -2.16. The molecular formula is C14H18ClN3O2. The van der Waals surface area contributed by atoms with Crippen molar-refractivity contribution >= 4 is 29.2 Å². The van der Waals surface area contributed by atoms with Crippen molar-refractivity contribution in [2.45, 2.75) is 38.6 Å². The Kier molecular flexibility index (Phi) is 4.95. The molecule has 1 aromatic rings. The molecule has 108 valence electrons. The molecule has 1 atom stereocenters. The molecule has 6 heteroatoms. The molecule has 1 aliphatic carbocycles. The molecule has 0 saturated heterocycles. The Morgan fingerprint density at radius 1 is 1.35 bits per heavy atom. The fourth-order valence-electron chi connectivity index (χ4n) is 2.27. The maximum absolute atomic E-state index is 11.9. The van der Waals surface area contributed by atoms with Crippen molar-refractivity contribution < 1.29 is 9.59 Å². The van der Waals surface area contributed by atoms with E-state index < -0.39 is 6.04 Å².